The first-order chi connectivity index (χ1) is 12.1. The molecule has 0 bridgehead atoms. The van der Waals surface area contributed by atoms with Crippen LogP contribution in [0.2, 0.25) is 5.02 Å². The van der Waals surface area contributed by atoms with E-state index in [9.17, 15) is 9.18 Å². The number of halogens is 2. The Kier molecular flexibility index (Phi) is 3.70. The summed E-state index contributed by atoms with van der Waals surface area (Å²) in [5, 5.41) is 1.94. The second-order valence-electron chi connectivity index (χ2n) is 5.88. The highest BCUT2D eigenvalue weighted by molar-refractivity contribution is 6.31. The van der Waals surface area contributed by atoms with Crippen molar-refractivity contribution in [2.45, 2.75) is 6.54 Å². The van der Waals surface area contributed by atoms with Gasteiger partial charge in [0.05, 0.1) is 11.0 Å². The number of primary amides is 1. The maximum atomic E-state index is 14.7. The minimum Gasteiger partial charge on any atom is -0.366 e. The number of carbonyl (C=O) groups is 1. The fourth-order valence-electron chi connectivity index (χ4n) is 3.33. The van der Waals surface area contributed by atoms with E-state index in [-0.39, 0.29) is 5.82 Å². The highest BCUT2D eigenvalue weighted by Gasteiger charge is 2.19. The number of fused-ring (bicyclic) bond motifs is 3. The molecule has 3 aromatic carbocycles. The fraction of sp³-hybridized carbons (Fsp3) is 0.0500. The molecule has 124 valence electrons. The third kappa shape index (κ3) is 2.46. The Morgan fingerprint density at radius 2 is 1.80 bits per heavy atom. The zero-order valence-corrected chi connectivity index (χ0v) is 13.9. The second-order valence-corrected chi connectivity index (χ2v) is 6.28. The van der Waals surface area contributed by atoms with Gasteiger partial charge in [0, 0.05) is 27.9 Å². The van der Waals surface area contributed by atoms with Gasteiger partial charge in [-0.3, -0.25) is 4.79 Å². The normalized spacial score (nSPS) is 11.3. The van der Waals surface area contributed by atoms with Gasteiger partial charge in [-0.05, 0) is 29.8 Å². The number of benzene rings is 3. The van der Waals surface area contributed by atoms with Crippen LogP contribution in [0.5, 0.6) is 0 Å². The summed E-state index contributed by atoms with van der Waals surface area (Å²) in [5.74, 6) is -0.886. The van der Waals surface area contributed by atoms with E-state index in [0.29, 0.717) is 33.4 Å². The number of carbonyl (C=O) groups excluding carboxylic acids is 1. The Hall–Kier alpha value is -2.85. The molecule has 1 heterocycles. The standard InChI is InChI=1S/C20H14ClFN2O/c21-15-8-2-1-5-12(15)11-24-17-10-4-7-14(20(23)25)18(17)13-6-3-9-16(22)19(13)24/h1-10H,11H2,(H2,23,25). The Morgan fingerprint density at radius 3 is 2.56 bits per heavy atom. The van der Waals surface area contributed by atoms with Gasteiger partial charge in [-0.1, -0.05) is 48.0 Å². The Labute approximate surface area is 148 Å². The lowest BCUT2D eigenvalue weighted by Crippen LogP contribution is -2.11. The van der Waals surface area contributed by atoms with Crippen LogP contribution in [0, 0.1) is 5.82 Å². The number of para-hydroxylation sites is 1. The monoisotopic (exact) mass is 352 g/mol. The van der Waals surface area contributed by atoms with Gasteiger partial charge in [-0.15, -0.1) is 0 Å². The molecule has 0 spiro atoms. The molecule has 1 amide bonds. The fourth-order valence-corrected chi connectivity index (χ4v) is 3.52. The first-order valence-corrected chi connectivity index (χ1v) is 8.18. The van der Waals surface area contributed by atoms with Gasteiger partial charge in [0.1, 0.15) is 5.82 Å². The summed E-state index contributed by atoms with van der Waals surface area (Å²) in [6.45, 7) is 0.392. The van der Waals surface area contributed by atoms with Crippen molar-refractivity contribution in [3.63, 3.8) is 0 Å². The summed E-state index contributed by atoms with van der Waals surface area (Å²) in [4.78, 5) is 11.9. The first-order valence-electron chi connectivity index (χ1n) is 7.80. The lowest BCUT2D eigenvalue weighted by atomic mass is 10.1. The average molecular weight is 353 g/mol. The number of nitrogens with two attached hydrogens (primary N) is 1. The third-order valence-corrected chi connectivity index (χ3v) is 4.78. The SMILES string of the molecule is NC(=O)c1cccc2c1c1cccc(F)c1n2Cc1ccccc1Cl. The molecule has 0 aliphatic rings. The largest absolute Gasteiger partial charge is 0.366 e. The molecule has 25 heavy (non-hydrogen) atoms. The van der Waals surface area contributed by atoms with Crippen LogP contribution in [0.3, 0.4) is 0 Å². The molecule has 0 aliphatic carbocycles. The molecule has 3 nitrogen and oxygen atoms in total. The molecular weight excluding hydrogens is 339 g/mol. The summed E-state index contributed by atoms with van der Waals surface area (Å²) in [7, 11) is 0. The third-order valence-electron chi connectivity index (χ3n) is 4.41. The van der Waals surface area contributed by atoms with Crippen molar-refractivity contribution in [2.24, 2.45) is 5.73 Å². The number of rotatable bonds is 3. The Morgan fingerprint density at radius 1 is 1.04 bits per heavy atom. The Balaban J connectivity index is 2.10. The lowest BCUT2D eigenvalue weighted by molar-refractivity contribution is 0.100. The smallest absolute Gasteiger partial charge is 0.249 e. The molecule has 0 saturated carbocycles. The highest BCUT2D eigenvalue weighted by Crippen LogP contribution is 2.34. The molecular formula is C20H14ClFN2O. The molecule has 1 aromatic heterocycles. The minimum absolute atomic E-state index is 0.351. The molecule has 0 fully saturated rings. The zero-order valence-electron chi connectivity index (χ0n) is 13.2. The van der Waals surface area contributed by atoms with Gasteiger partial charge in [0.25, 0.3) is 0 Å². The molecule has 0 radical (unpaired) electrons. The van der Waals surface area contributed by atoms with Crippen molar-refractivity contribution in [1.29, 1.82) is 0 Å². The van der Waals surface area contributed by atoms with E-state index in [1.54, 1.807) is 30.3 Å². The molecule has 0 atom stereocenters. The van der Waals surface area contributed by atoms with E-state index >= 15 is 0 Å². The van der Waals surface area contributed by atoms with Gasteiger partial charge >= 0.3 is 0 Å². The summed E-state index contributed by atoms with van der Waals surface area (Å²) in [6.07, 6.45) is 0. The Bertz CT molecular complexity index is 1130. The highest BCUT2D eigenvalue weighted by atomic mass is 35.5. The van der Waals surface area contributed by atoms with Gasteiger partial charge in [-0.2, -0.15) is 0 Å². The van der Waals surface area contributed by atoms with Crippen molar-refractivity contribution in [3.05, 3.63) is 82.6 Å². The topological polar surface area (TPSA) is 48.0 Å². The predicted molar refractivity (Wildman–Crippen MR) is 98.5 cm³/mol. The van der Waals surface area contributed by atoms with Crippen molar-refractivity contribution >= 4 is 39.3 Å². The van der Waals surface area contributed by atoms with E-state index in [1.165, 1.54) is 6.07 Å². The van der Waals surface area contributed by atoms with Gasteiger partial charge in [0.15, 0.2) is 0 Å². The number of hydrogen-bond donors (Lipinski definition) is 1. The van der Waals surface area contributed by atoms with Crippen molar-refractivity contribution < 1.29 is 9.18 Å². The molecule has 5 heteroatoms. The molecule has 4 aromatic rings. The minimum atomic E-state index is -0.536. The number of amides is 1. The molecule has 4 rings (SSSR count). The number of aromatic nitrogens is 1. The van der Waals surface area contributed by atoms with Crippen LogP contribution in [0.4, 0.5) is 4.39 Å². The van der Waals surface area contributed by atoms with E-state index < -0.39 is 5.91 Å². The van der Waals surface area contributed by atoms with Gasteiger partial charge in [-0.25, -0.2) is 4.39 Å². The summed E-state index contributed by atoms with van der Waals surface area (Å²) >= 11 is 6.28. The van der Waals surface area contributed by atoms with Gasteiger partial charge < -0.3 is 10.3 Å². The predicted octanol–water partition coefficient (Wildman–Crippen LogP) is 4.73. The van der Waals surface area contributed by atoms with Crippen LogP contribution in [0.25, 0.3) is 21.8 Å². The first kappa shape index (κ1) is 15.7. The summed E-state index contributed by atoms with van der Waals surface area (Å²) in [5.41, 5.74) is 7.97. The maximum absolute atomic E-state index is 14.7. The van der Waals surface area contributed by atoms with Crippen LogP contribution in [-0.4, -0.2) is 10.5 Å². The molecule has 0 aliphatic heterocycles. The number of hydrogen-bond acceptors (Lipinski definition) is 1. The van der Waals surface area contributed by atoms with Gasteiger partial charge in [0.2, 0.25) is 5.91 Å². The van der Waals surface area contributed by atoms with Crippen LogP contribution >= 0.6 is 11.6 Å². The van der Waals surface area contributed by atoms with Crippen molar-refractivity contribution in [3.8, 4) is 0 Å². The van der Waals surface area contributed by atoms with Crippen LogP contribution in [0.1, 0.15) is 15.9 Å². The summed E-state index contributed by atoms with van der Waals surface area (Å²) in [6, 6.07) is 17.6. The van der Waals surface area contributed by atoms with E-state index in [1.807, 2.05) is 28.8 Å². The molecule has 0 unspecified atom stereocenters. The van der Waals surface area contributed by atoms with Crippen molar-refractivity contribution in [2.75, 3.05) is 0 Å². The second kappa shape index (κ2) is 5.90. The van der Waals surface area contributed by atoms with E-state index in [4.69, 9.17) is 17.3 Å². The van der Waals surface area contributed by atoms with Crippen LogP contribution < -0.4 is 5.73 Å². The lowest BCUT2D eigenvalue weighted by Gasteiger charge is -2.10. The van der Waals surface area contributed by atoms with Crippen LogP contribution in [-0.2, 0) is 6.54 Å². The quantitative estimate of drug-likeness (QED) is 0.569. The molecule has 0 saturated heterocycles. The van der Waals surface area contributed by atoms with Crippen LogP contribution in [0.15, 0.2) is 60.7 Å². The zero-order chi connectivity index (χ0) is 17.6. The molecule has 2 N–H and O–H groups in total. The average Bonchev–Trinajstić information content (AvgIpc) is 2.92. The maximum Gasteiger partial charge on any atom is 0.249 e. The van der Waals surface area contributed by atoms with Crippen molar-refractivity contribution in [1.82, 2.24) is 4.57 Å². The number of nitrogens with zero attached hydrogens (tertiary/aromatic N) is 1. The summed E-state index contributed by atoms with van der Waals surface area (Å²) < 4.78 is 16.5. The van der Waals surface area contributed by atoms with E-state index in [0.717, 1.165) is 11.1 Å². The van der Waals surface area contributed by atoms with E-state index in [2.05, 4.69) is 0 Å².